The predicted octanol–water partition coefficient (Wildman–Crippen LogP) is 2.69. The molecule has 8 heavy (non-hydrogen) atoms. The Kier molecular flexibility index (Phi) is 3.75. The van der Waals surface area contributed by atoms with Gasteiger partial charge in [-0.05, 0) is 6.42 Å². The van der Waals surface area contributed by atoms with E-state index in [0.717, 1.165) is 6.42 Å². The summed E-state index contributed by atoms with van der Waals surface area (Å²) in [5.41, 5.74) is 0. The highest BCUT2D eigenvalue weighted by Gasteiger charge is 2.11. The van der Waals surface area contributed by atoms with Gasteiger partial charge in [0.15, 0.2) is 0 Å². The van der Waals surface area contributed by atoms with E-state index < -0.39 is 12.3 Å². The third-order valence-corrected chi connectivity index (χ3v) is 1.17. The zero-order valence-electron chi connectivity index (χ0n) is 5.32. The van der Waals surface area contributed by atoms with Crippen molar-refractivity contribution in [1.82, 2.24) is 0 Å². The average Bonchev–Trinajstić information content (AvgIpc) is 1.67. The van der Waals surface area contributed by atoms with E-state index >= 15 is 0 Å². The van der Waals surface area contributed by atoms with Crippen LogP contribution < -0.4 is 0 Å². The standard InChI is InChI=1S/C6H12F2/c1-3-4-5(2)6(7)8/h5-6H,3-4H2,1-2H3/t5-/m1/s1. The van der Waals surface area contributed by atoms with Gasteiger partial charge >= 0.3 is 0 Å². The lowest BCUT2D eigenvalue weighted by Crippen LogP contribution is -2.05. The molecule has 0 saturated carbocycles. The minimum absolute atomic E-state index is 0.417. The maximum atomic E-state index is 11.6. The molecule has 0 aliphatic rings. The van der Waals surface area contributed by atoms with Crippen LogP contribution in [0.2, 0.25) is 0 Å². The molecule has 0 aromatic rings. The van der Waals surface area contributed by atoms with E-state index in [-0.39, 0.29) is 0 Å². The summed E-state index contributed by atoms with van der Waals surface area (Å²) in [6.45, 7) is 3.49. The average molecular weight is 122 g/mol. The van der Waals surface area contributed by atoms with Crippen LogP contribution in [0.25, 0.3) is 0 Å². The van der Waals surface area contributed by atoms with E-state index in [9.17, 15) is 8.78 Å². The summed E-state index contributed by atoms with van der Waals surface area (Å²) in [6.07, 6.45) is -0.640. The molecule has 1 atom stereocenters. The molecule has 50 valence electrons. The molecule has 2 heteroatoms. The van der Waals surface area contributed by atoms with Gasteiger partial charge in [0.1, 0.15) is 0 Å². The van der Waals surface area contributed by atoms with E-state index in [1.165, 1.54) is 0 Å². The fourth-order valence-corrected chi connectivity index (χ4v) is 0.581. The first-order valence-corrected chi connectivity index (χ1v) is 2.96. The van der Waals surface area contributed by atoms with E-state index in [0.29, 0.717) is 6.42 Å². The molecule has 0 radical (unpaired) electrons. The molecule has 0 bridgehead atoms. The van der Waals surface area contributed by atoms with Gasteiger partial charge in [-0.1, -0.05) is 20.3 Å². The Morgan fingerprint density at radius 1 is 1.38 bits per heavy atom. The Labute approximate surface area is 48.9 Å². The number of hydrogen-bond donors (Lipinski definition) is 0. The first-order valence-electron chi connectivity index (χ1n) is 2.96. The topological polar surface area (TPSA) is 0 Å². The van der Waals surface area contributed by atoms with Gasteiger partial charge in [0, 0.05) is 5.92 Å². The van der Waals surface area contributed by atoms with Crippen molar-refractivity contribution >= 4 is 0 Å². The highest BCUT2D eigenvalue weighted by molar-refractivity contribution is 4.51. The largest absolute Gasteiger partial charge is 0.241 e. The lowest BCUT2D eigenvalue weighted by molar-refractivity contribution is 0.0816. The summed E-state index contributed by atoms with van der Waals surface area (Å²) in [5.74, 6) is -0.417. The summed E-state index contributed by atoms with van der Waals surface area (Å²) < 4.78 is 23.2. The number of alkyl halides is 2. The van der Waals surface area contributed by atoms with Crippen molar-refractivity contribution in [2.24, 2.45) is 5.92 Å². The fraction of sp³-hybridized carbons (Fsp3) is 1.00. The Morgan fingerprint density at radius 2 is 1.88 bits per heavy atom. The lowest BCUT2D eigenvalue weighted by Gasteiger charge is -2.05. The maximum absolute atomic E-state index is 11.6. The van der Waals surface area contributed by atoms with Gasteiger partial charge in [0.05, 0.1) is 0 Å². The molecule has 0 fully saturated rings. The van der Waals surface area contributed by atoms with Crippen LogP contribution in [0.4, 0.5) is 8.78 Å². The van der Waals surface area contributed by atoms with Crippen molar-refractivity contribution in [2.45, 2.75) is 33.1 Å². The lowest BCUT2D eigenvalue weighted by atomic mass is 10.1. The molecular weight excluding hydrogens is 110 g/mol. The van der Waals surface area contributed by atoms with Crippen LogP contribution in [0.5, 0.6) is 0 Å². The minimum Gasteiger partial charge on any atom is -0.210 e. The summed E-state index contributed by atoms with van der Waals surface area (Å²) >= 11 is 0. The van der Waals surface area contributed by atoms with Gasteiger partial charge in [-0.15, -0.1) is 0 Å². The van der Waals surface area contributed by atoms with Crippen LogP contribution in [0.3, 0.4) is 0 Å². The van der Waals surface area contributed by atoms with Crippen LogP contribution in [0.15, 0.2) is 0 Å². The second-order valence-electron chi connectivity index (χ2n) is 2.10. The Balaban J connectivity index is 3.17. The van der Waals surface area contributed by atoms with E-state index in [1.807, 2.05) is 6.92 Å². The summed E-state index contributed by atoms with van der Waals surface area (Å²) in [6, 6.07) is 0. The van der Waals surface area contributed by atoms with Gasteiger partial charge in [-0.2, -0.15) is 0 Å². The van der Waals surface area contributed by atoms with Crippen molar-refractivity contribution in [3.05, 3.63) is 0 Å². The number of rotatable bonds is 3. The van der Waals surface area contributed by atoms with Crippen molar-refractivity contribution in [1.29, 1.82) is 0 Å². The quantitative estimate of drug-likeness (QED) is 0.540. The third kappa shape index (κ3) is 2.94. The van der Waals surface area contributed by atoms with Crippen LogP contribution in [0, 0.1) is 5.92 Å². The number of hydrogen-bond acceptors (Lipinski definition) is 0. The molecule has 0 aliphatic carbocycles. The molecule has 0 spiro atoms. The molecule has 0 N–H and O–H groups in total. The van der Waals surface area contributed by atoms with Gasteiger partial charge in [0.25, 0.3) is 0 Å². The minimum atomic E-state index is -2.13. The van der Waals surface area contributed by atoms with Gasteiger partial charge in [0.2, 0.25) is 6.43 Å². The molecule has 0 aromatic carbocycles. The van der Waals surface area contributed by atoms with Crippen LogP contribution in [0.1, 0.15) is 26.7 Å². The zero-order chi connectivity index (χ0) is 6.57. The van der Waals surface area contributed by atoms with Gasteiger partial charge < -0.3 is 0 Å². The Morgan fingerprint density at radius 3 is 2.00 bits per heavy atom. The molecule has 0 unspecified atom stereocenters. The van der Waals surface area contributed by atoms with Crippen molar-refractivity contribution in [3.8, 4) is 0 Å². The second kappa shape index (κ2) is 3.81. The molecule has 0 amide bonds. The third-order valence-electron chi connectivity index (χ3n) is 1.17. The summed E-state index contributed by atoms with van der Waals surface area (Å²) in [7, 11) is 0. The van der Waals surface area contributed by atoms with Crippen LogP contribution >= 0.6 is 0 Å². The van der Waals surface area contributed by atoms with E-state index in [4.69, 9.17) is 0 Å². The molecule has 0 heterocycles. The molecule has 0 aromatic heterocycles. The normalized spacial score (nSPS) is 14.6. The van der Waals surface area contributed by atoms with Crippen molar-refractivity contribution in [3.63, 3.8) is 0 Å². The first-order chi connectivity index (χ1) is 3.68. The van der Waals surface area contributed by atoms with E-state index in [1.54, 1.807) is 6.92 Å². The Hall–Kier alpha value is -0.140. The fourth-order valence-electron chi connectivity index (χ4n) is 0.581. The predicted molar refractivity (Wildman–Crippen MR) is 30.1 cm³/mol. The summed E-state index contributed by atoms with van der Waals surface area (Å²) in [5, 5.41) is 0. The van der Waals surface area contributed by atoms with Crippen LogP contribution in [-0.4, -0.2) is 6.43 Å². The SMILES string of the molecule is CCC[C@@H](C)C(F)F. The molecule has 0 saturated heterocycles. The maximum Gasteiger partial charge on any atom is 0.241 e. The smallest absolute Gasteiger partial charge is 0.210 e. The van der Waals surface area contributed by atoms with Crippen molar-refractivity contribution in [2.75, 3.05) is 0 Å². The van der Waals surface area contributed by atoms with E-state index in [2.05, 4.69) is 0 Å². The molecular formula is C6H12F2. The Bertz CT molecular complexity index is 52.5. The first kappa shape index (κ1) is 7.86. The highest BCUT2D eigenvalue weighted by atomic mass is 19.3. The molecule has 0 nitrogen and oxygen atoms in total. The molecule has 0 aliphatic heterocycles. The second-order valence-corrected chi connectivity index (χ2v) is 2.10. The monoisotopic (exact) mass is 122 g/mol. The molecule has 0 rings (SSSR count). The van der Waals surface area contributed by atoms with Crippen LogP contribution in [-0.2, 0) is 0 Å². The van der Waals surface area contributed by atoms with Crippen molar-refractivity contribution < 1.29 is 8.78 Å². The van der Waals surface area contributed by atoms with Gasteiger partial charge in [-0.3, -0.25) is 0 Å². The summed E-state index contributed by atoms with van der Waals surface area (Å²) in [4.78, 5) is 0. The highest BCUT2D eigenvalue weighted by Crippen LogP contribution is 2.13. The zero-order valence-corrected chi connectivity index (χ0v) is 5.32. The van der Waals surface area contributed by atoms with Gasteiger partial charge in [-0.25, -0.2) is 8.78 Å². The number of halogens is 2.